The standard InChI is InChI=1S/C11H16N4O/c1-3-12-9(2)8-14-6-7-15-10(11(14)16)4-5-13-15/h4-7,9,12H,3,8H2,1-2H3. The van der Waals surface area contributed by atoms with E-state index in [-0.39, 0.29) is 11.6 Å². The summed E-state index contributed by atoms with van der Waals surface area (Å²) in [6, 6.07) is 2.02. The first-order valence-electron chi connectivity index (χ1n) is 5.48. The van der Waals surface area contributed by atoms with Crippen LogP contribution in [0.2, 0.25) is 0 Å². The lowest BCUT2D eigenvalue weighted by molar-refractivity contribution is 0.480. The summed E-state index contributed by atoms with van der Waals surface area (Å²) in [5.41, 5.74) is 0.621. The second-order valence-corrected chi connectivity index (χ2v) is 3.88. The highest BCUT2D eigenvalue weighted by molar-refractivity contribution is 5.42. The van der Waals surface area contributed by atoms with Gasteiger partial charge < -0.3 is 9.88 Å². The lowest BCUT2D eigenvalue weighted by atomic mass is 10.3. The Hall–Kier alpha value is -1.62. The quantitative estimate of drug-likeness (QED) is 0.816. The van der Waals surface area contributed by atoms with Gasteiger partial charge in [0.25, 0.3) is 5.56 Å². The van der Waals surface area contributed by atoms with Crippen molar-refractivity contribution in [3.63, 3.8) is 0 Å². The molecule has 0 aliphatic carbocycles. The van der Waals surface area contributed by atoms with Crippen molar-refractivity contribution in [3.8, 4) is 0 Å². The molecule has 0 fully saturated rings. The van der Waals surface area contributed by atoms with Crippen LogP contribution in [0.3, 0.4) is 0 Å². The van der Waals surface area contributed by atoms with Gasteiger partial charge in [-0.25, -0.2) is 4.52 Å². The number of fused-ring (bicyclic) bond motifs is 1. The van der Waals surface area contributed by atoms with Gasteiger partial charge in [-0.2, -0.15) is 5.10 Å². The Morgan fingerprint density at radius 1 is 1.50 bits per heavy atom. The van der Waals surface area contributed by atoms with Crippen LogP contribution in [0, 0.1) is 0 Å². The van der Waals surface area contributed by atoms with E-state index < -0.39 is 0 Å². The van der Waals surface area contributed by atoms with Crippen molar-refractivity contribution < 1.29 is 0 Å². The number of aromatic nitrogens is 3. The molecule has 1 atom stereocenters. The molecule has 0 saturated carbocycles. The van der Waals surface area contributed by atoms with Crippen LogP contribution in [0.4, 0.5) is 0 Å². The van der Waals surface area contributed by atoms with E-state index in [1.165, 1.54) is 0 Å². The van der Waals surface area contributed by atoms with E-state index in [0.717, 1.165) is 6.54 Å². The molecule has 0 radical (unpaired) electrons. The summed E-state index contributed by atoms with van der Waals surface area (Å²) in [5.74, 6) is 0. The van der Waals surface area contributed by atoms with E-state index >= 15 is 0 Å². The maximum Gasteiger partial charge on any atom is 0.276 e. The predicted molar refractivity (Wildman–Crippen MR) is 62.6 cm³/mol. The molecule has 2 aromatic heterocycles. The topological polar surface area (TPSA) is 51.3 Å². The minimum Gasteiger partial charge on any atom is -0.313 e. The molecule has 0 saturated heterocycles. The summed E-state index contributed by atoms with van der Waals surface area (Å²) >= 11 is 0. The summed E-state index contributed by atoms with van der Waals surface area (Å²) in [7, 11) is 0. The molecule has 16 heavy (non-hydrogen) atoms. The molecule has 86 valence electrons. The third-order valence-corrected chi connectivity index (χ3v) is 2.56. The predicted octanol–water partition coefficient (Wildman–Crippen LogP) is 0.494. The largest absolute Gasteiger partial charge is 0.313 e. The van der Waals surface area contributed by atoms with Gasteiger partial charge in [-0.15, -0.1) is 0 Å². The van der Waals surface area contributed by atoms with Gasteiger partial charge >= 0.3 is 0 Å². The number of hydrogen-bond donors (Lipinski definition) is 1. The molecule has 2 heterocycles. The van der Waals surface area contributed by atoms with E-state index in [0.29, 0.717) is 12.1 Å². The normalized spacial score (nSPS) is 13.1. The fraction of sp³-hybridized carbons (Fsp3) is 0.455. The molecule has 0 aliphatic heterocycles. The Kier molecular flexibility index (Phi) is 3.05. The summed E-state index contributed by atoms with van der Waals surface area (Å²) in [5, 5.41) is 7.30. The Morgan fingerprint density at radius 3 is 3.06 bits per heavy atom. The second-order valence-electron chi connectivity index (χ2n) is 3.88. The fourth-order valence-corrected chi connectivity index (χ4v) is 1.81. The molecular formula is C11H16N4O. The van der Waals surface area contributed by atoms with E-state index in [9.17, 15) is 4.79 Å². The molecule has 2 rings (SSSR count). The first kappa shape index (κ1) is 10.9. The molecule has 0 spiro atoms. The minimum atomic E-state index is 0.00440. The smallest absolute Gasteiger partial charge is 0.276 e. The van der Waals surface area contributed by atoms with Gasteiger partial charge in [-0.05, 0) is 19.5 Å². The molecule has 1 N–H and O–H groups in total. The zero-order valence-electron chi connectivity index (χ0n) is 9.55. The molecule has 5 nitrogen and oxygen atoms in total. The van der Waals surface area contributed by atoms with E-state index in [4.69, 9.17) is 0 Å². The maximum atomic E-state index is 12.0. The van der Waals surface area contributed by atoms with Gasteiger partial charge in [0.05, 0.1) is 6.20 Å². The zero-order chi connectivity index (χ0) is 11.5. The highest BCUT2D eigenvalue weighted by atomic mass is 16.1. The highest BCUT2D eigenvalue weighted by Gasteiger charge is 2.06. The first-order valence-corrected chi connectivity index (χ1v) is 5.48. The van der Waals surface area contributed by atoms with Gasteiger partial charge in [0.1, 0.15) is 5.52 Å². The molecule has 5 heteroatoms. The lowest BCUT2D eigenvalue weighted by Gasteiger charge is -2.13. The molecule has 1 unspecified atom stereocenters. The Bertz CT molecular complexity index is 528. The van der Waals surface area contributed by atoms with Crippen molar-refractivity contribution in [2.24, 2.45) is 0 Å². The monoisotopic (exact) mass is 220 g/mol. The number of hydrogen-bond acceptors (Lipinski definition) is 3. The van der Waals surface area contributed by atoms with Crippen molar-refractivity contribution in [2.75, 3.05) is 6.54 Å². The van der Waals surface area contributed by atoms with Gasteiger partial charge in [-0.1, -0.05) is 6.92 Å². The van der Waals surface area contributed by atoms with Gasteiger partial charge in [0, 0.05) is 25.0 Å². The van der Waals surface area contributed by atoms with Crippen LogP contribution in [-0.4, -0.2) is 26.8 Å². The third-order valence-electron chi connectivity index (χ3n) is 2.56. The first-order chi connectivity index (χ1) is 7.72. The molecule has 2 aromatic rings. The maximum absolute atomic E-state index is 12.0. The van der Waals surface area contributed by atoms with Crippen molar-refractivity contribution >= 4 is 5.52 Å². The second kappa shape index (κ2) is 4.49. The average Bonchev–Trinajstić information content (AvgIpc) is 2.71. The van der Waals surface area contributed by atoms with Crippen molar-refractivity contribution in [2.45, 2.75) is 26.4 Å². The third kappa shape index (κ3) is 1.99. The molecular weight excluding hydrogens is 204 g/mol. The van der Waals surface area contributed by atoms with Crippen LogP contribution < -0.4 is 10.9 Å². The van der Waals surface area contributed by atoms with Gasteiger partial charge in [0.15, 0.2) is 0 Å². The van der Waals surface area contributed by atoms with Gasteiger partial charge in [0.2, 0.25) is 0 Å². The number of nitrogens with zero attached hydrogens (tertiary/aromatic N) is 3. The minimum absolute atomic E-state index is 0.00440. The molecule has 0 bridgehead atoms. The van der Waals surface area contributed by atoms with E-state index in [2.05, 4.69) is 24.3 Å². The molecule has 0 amide bonds. The van der Waals surface area contributed by atoms with Crippen molar-refractivity contribution in [3.05, 3.63) is 35.0 Å². The summed E-state index contributed by atoms with van der Waals surface area (Å²) < 4.78 is 3.31. The Labute approximate surface area is 93.7 Å². The molecule has 0 aromatic carbocycles. The summed E-state index contributed by atoms with van der Waals surface area (Å²) in [6.07, 6.45) is 5.21. The van der Waals surface area contributed by atoms with Crippen LogP contribution in [0.1, 0.15) is 13.8 Å². The summed E-state index contributed by atoms with van der Waals surface area (Å²) in [6.45, 7) is 5.70. The van der Waals surface area contributed by atoms with Crippen LogP contribution in [-0.2, 0) is 6.54 Å². The lowest BCUT2D eigenvalue weighted by Crippen LogP contribution is -2.34. The van der Waals surface area contributed by atoms with E-state index in [1.807, 2.05) is 0 Å². The fourth-order valence-electron chi connectivity index (χ4n) is 1.81. The van der Waals surface area contributed by atoms with Crippen LogP contribution in [0.15, 0.2) is 29.5 Å². The number of rotatable bonds is 4. The number of likely N-dealkylation sites (N-methyl/N-ethyl adjacent to an activating group) is 1. The average molecular weight is 220 g/mol. The van der Waals surface area contributed by atoms with Crippen LogP contribution in [0.25, 0.3) is 5.52 Å². The highest BCUT2D eigenvalue weighted by Crippen LogP contribution is 1.95. The molecule has 0 aliphatic rings. The number of nitrogens with one attached hydrogen (secondary N) is 1. The van der Waals surface area contributed by atoms with E-state index in [1.54, 1.807) is 33.7 Å². The van der Waals surface area contributed by atoms with Crippen molar-refractivity contribution in [1.29, 1.82) is 0 Å². The van der Waals surface area contributed by atoms with Crippen LogP contribution in [0.5, 0.6) is 0 Å². The zero-order valence-corrected chi connectivity index (χ0v) is 9.55. The Balaban J connectivity index is 2.31. The summed E-state index contributed by atoms with van der Waals surface area (Å²) in [4.78, 5) is 12.0. The van der Waals surface area contributed by atoms with Crippen molar-refractivity contribution in [1.82, 2.24) is 19.5 Å². The SMILES string of the molecule is CCNC(C)Cn1ccn2nccc2c1=O. The van der Waals surface area contributed by atoms with Crippen LogP contribution >= 0.6 is 0 Å². The van der Waals surface area contributed by atoms with Gasteiger partial charge in [-0.3, -0.25) is 4.79 Å². The Morgan fingerprint density at radius 2 is 2.31 bits per heavy atom.